The van der Waals surface area contributed by atoms with E-state index in [0.29, 0.717) is 25.9 Å². The molecule has 0 amide bonds. The molecule has 7 nitrogen and oxygen atoms in total. The van der Waals surface area contributed by atoms with Crippen LogP contribution < -0.4 is 10.6 Å². The van der Waals surface area contributed by atoms with Gasteiger partial charge in [0.15, 0.2) is 0 Å². The number of nitrogens with one attached hydrogen (secondary N) is 2. The fourth-order valence-corrected chi connectivity index (χ4v) is 2.20. The molecule has 0 spiro atoms. The van der Waals surface area contributed by atoms with Crippen molar-refractivity contribution in [1.29, 1.82) is 0 Å². The minimum absolute atomic E-state index is 0.478. The van der Waals surface area contributed by atoms with Crippen LogP contribution in [0.3, 0.4) is 0 Å². The Morgan fingerprint density at radius 1 is 1.12 bits per heavy atom. The van der Waals surface area contributed by atoms with Crippen LogP contribution in [0.15, 0.2) is 0 Å². The van der Waals surface area contributed by atoms with E-state index in [4.69, 9.17) is 9.84 Å². The maximum atomic E-state index is 11.7. The molecule has 17 heavy (non-hydrogen) atoms. The van der Waals surface area contributed by atoms with Gasteiger partial charge in [0.05, 0.1) is 6.10 Å². The second kappa shape index (κ2) is 4.99. The normalized spacial score (nSPS) is 37.0. The monoisotopic (exact) mass is 244 g/mol. The van der Waals surface area contributed by atoms with Gasteiger partial charge >= 0.3 is 11.9 Å². The fraction of sp³-hybridized carbons (Fsp3) is 0.800. The summed E-state index contributed by atoms with van der Waals surface area (Å²) >= 11 is 0. The van der Waals surface area contributed by atoms with E-state index in [1.165, 1.54) is 0 Å². The number of aliphatic hydroxyl groups is 1. The summed E-state index contributed by atoms with van der Waals surface area (Å²) in [5.41, 5.74) is 0. The second-order valence-electron chi connectivity index (χ2n) is 4.32. The highest BCUT2D eigenvalue weighted by molar-refractivity contribution is 5.79. The maximum Gasteiger partial charge on any atom is 0.326 e. The molecule has 2 unspecified atom stereocenters. The summed E-state index contributed by atoms with van der Waals surface area (Å²) in [5, 5.41) is 24.0. The van der Waals surface area contributed by atoms with Crippen molar-refractivity contribution >= 4 is 11.9 Å². The van der Waals surface area contributed by atoms with Crippen molar-refractivity contribution in [2.45, 2.75) is 37.1 Å². The molecule has 0 bridgehead atoms. The van der Waals surface area contributed by atoms with Crippen LogP contribution in [-0.2, 0) is 14.3 Å². The second-order valence-corrected chi connectivity index (χ2v) is 4.32. The maximum absolute atomic E-state index is 11.7. The molecule has 2 rings (SSSR count). The van der Waals surface area contributed by atoms with Gasteiger partial charge in [0.25, 0.3) is 0 Å². The number of carbonyl (C=O) groups is 2. The lowest BCUT2D eigenvalue weighted by Gasteiger charge is -2.20. The Kier molecular flexibility index (Phi) is 3.60. The lowest BCUT2D eigenvalue weighted by molar-refractivity contribution is -0.157. The molecule has 2 aliphatic heterocycles. The van der Waals surface area contributed by atoms with Crippen molar-refractivity contribution in [3.8, 4) is 0 Å². The first-order valence-electron chi connectivity index (χ1n) is 5.67. The van der Waals surface area contributed by atoms with E-state index in [9.17, 15) is 14.7 Å². The van der Waals surface area contributed by atoms with Gasteiger partial charge in [0, 0.05) is 0 Å². The molecular formula is C10H16N2O5. The van der Waals surface area contributed by atoms with E-state index in [1.54, 1.807) is 0 Å². The molecular weight excluding hydrogens is 228 g/mol. The van der Waals surface area contributed by atoms with E-state index in [1.807, 2.05) is 0 Å². The third-order valence-corrected chi connectivity index (χ3v) is 3.14. The van der Waals surface area contributed by atoms with Gasteiger partial charge < -0.3 is 25.6 Å². The molecule has 96 valence electrons. The summed E-state index contributed by atoms with van der Waals surface area (Å²) in [7, 11) is 0. The average Bonchev–Trinajstić information content (AvgIpc) is 2.86. The smallest absolute Gasteiger partial charge is 0.326 e. The van der Waals surface area contributed by atoms with Crippen LogP contribution in [0.25, 0.3) is 0 Å². The fourth-order valence-electron chi connectivity index (χ4n) is 2.20. The lowest BCUT2D eigenvalue weighted by atomic mass is 10.1. The predicted molar refractivity (Wildman–Crippen MR) is 56.3 cm³/mol. The SMILES string of the molecule is O=C(OC1CCN[C@@H]1C(=O)O)[C@H]1NCCC1O. The molecule has 4 N–H and O–H groups in total. The molecule has 7 heteroatoms. The molecule has 0 aromatic rings. The summed E-state index contributed by atoms with van der Waals surface area (Å²) in [5.74, 6) is -1.60. The Bertz CT molecular complexity index is 322. The number of carboxylic acids is 1. The van der Waals surface area contributed by atoms with Gasteiger partial charge in [0.2, 0.25) is 0 Å². The van der Waals surface area contributed by atoms with E-state index in [2.05, 4.69) is 10.6 Å². The molecule has 0 aromatic carbocycles. The van der Waals surface area contributed by atoms with E-state index >= 15 is 0 Å². The number of hydrogen-bond donors (Lipinski definition) is 4. The highest BCUT2D eigenvalue weighted by Gasteiger charge is 2.39. The summed E-state index contributed by atoms with van der Waals surface area (Å²) < 4.78 is 5.13. The summed E-state index contributed by atoms with van der Waals surface area (Å²) in [6.07, 6.45) is -0.425. The Labute approximate surface area is 98.1 Å². The number of esters is 1. The van der Waals surface area contributed by atoms with Crippen molar-refractivity contribution in [3.05, 3.63) is 0 Å². The van der Waals surface area contributed by atoms with Crippen LogP contribution in [0, 0.1) is 0 Å². The molecule has 2 saturated heterocycles. The molecule has 2 fully saturated rings. The zero-order valence-electron chi connectivity index (χ0n) is 9.26. The highest BCUT2D eigenvalue weighted by Crippen LogP contribution is 2.15. The Balaban J connectivity index is 1.91. The zero-order chi connectivity index (χ0) is 12.4. The summed E-state index contributed by atoms with van der Waals surface area (Å²) in [6.45, 7) is 1.07. The molecule has 2 heterocycles. The number of carbonyl (C=O) groups excluding carboxylic acids is 1. The summed E-state index contributed by atoms with van der Waals surface area (Å²) in [4.78, 5) is 22.6. The molecule has 4 atom stereocenters. The number of ether oxygens (including phenoxy) is 1. The molecule has 0 radical (unpaired) electrons. The van der Waals surface area contributed by atoms with Gasteiger partial charge in [-0.1, -0.05) is 0 Å². The van der Waals surface area contributed by atoms with Crippen LogP contribution in [-0.4, -0.2) is 59.5 Å². The van der Waals surface area contributed by atoms with Gasteiger partial charge in [-0.2, -0.15) is 0 Å². The van der Waals surface area contributed by atoms with E-state index in [-0.39, 0.29) is 0 Å². The topological polar surface area (TPSA) is 108 Å². The minimum Gasteiger partial charge on any atom is -0.480 e. The average molecular weight is 244 g/mol. The lowest BCUT2D eigenvalue weighted by Crippen LogP contribution is -2.45. The molecule has 0 aliphatic carbocycles. The van der Waals surface area contributed by atoms with Crippen molar-refractivity contribution in [3.63, 3.8) is 0 Å². The van der Waals surface area contributed by atoms with Crippen LogP contribution in [0.5, 0.6) is 0 Å². The first kappa shape index (κ1) is 12.3. The van der Waals surface area contributed by atoms with Crippen LogP contribution in [0.2, 0.25) is 0 Å². The Hall–Kier alpha value is -1.18. The van der Waals surface area contributed by atoms with Crippen molar-refractivity contribution in [2.24, 2.45) is 0 Å². The summed E-state index contributed by atoms with van der Waals surface area (Å²) in [6, 6.07) is -1.58. The van der Waals surface area contributed by atoms with Crippen LogP contribution in [0.1, 0.15) is 12.8 Å². The van der Waals surface area contributed by atoms with Gasteiger partial charge in [-0.3, -0.25) is 9.59 Å². The first-order valence-corrected chi connectivity index (χ1v) is 5.67. The van der Waals surface area contributed by atoms with Gasteiger partial charge in [-0.05, 0) is 25.9 Å². The Morgan fingerprint density at radius 2 is 1.76 bits per heavy atom. The third kappa shape index (κ3) is 2.56. The predicted octanol–water partition coefficient (Wildman–Crippen LogP) is -1.93. The van der Waals surface area contributed by atoms with Crippen molar-refractivity contribution in [1.82, 2.24) is 10.6 Å². The van der Waals surface area contributed by atoms with Gasteiger partial charge in [0.1, 0.15) is 18.2 Å². The van der Waals surface area contributed by atoms with E-state index < -0.39 is 36.2 Å². The van der Waals surface area contributed by atoms with Crippen molar-refractivity contribution < 1.29 is 24.5 Å². The number of rotatable bonds is 3. The quantitative estimate of drug-likeness (QED) is 0.428. The first-order chi connectivity index (χ1) is 8.09. The van der Waals surface area contributed by atoms with Gasteiger partial charge in [-0.15, -0.1) is 0 Å². The molecule has 0 saturated carbocycles. The number of aliphatic carboxylic acids is 1. The molecule has 2 aliphatic rings. The number of aliphatic hydroxyl groups excluding tert-OH is 1. The number of hydrogen-bond acceptors (Lipinski definition) is 6. The number of carboxylic acid groups (broad SMARTS) is 1. The van der Waals surface area contributed by atoms with Gasteiger partial charge in [-0.25, -0.2) is 0 Å². The minimum atomic E-state index is -1.03. The highest BCUT2D eigenvalue weighted by atomic mass is 16.5. The van der Waals surface area contributed by atoms with Crippen LogP contribution >= 0.6 is 0 Å². The standard InChI is InChI=1S/C10H16N2O5/c13-5-1-3-11-7(5)10(16)17-6-2-4-12-8(6)9(14)15/h5-8,11-13H,1-4H2,(H,14,15)/t5?,6?,7-,8-/m0/s1. The van der Waals surface area contributed by atoms with Crippen LogP contribution in [0.4, 0.5) is 0 Å². The Morgan fingerprint density at radius 3 is 2.35 bits per heavy atom. The zero-order valence-corrected chi connectivity index (χ0v) is 9.26. The largest absolute Gasteiger partial charge is 0.480 e. The van der Waals surface area contributed by atoms with Crippen molar-refractivity contribution in [2.75, 3.05) is 13.1 Å². The third-order valence-electron chi connectivity index (χ3n) is 3.14. The molecule has 0 aromatic heterocycles. The van der Waals surface area contributed by atoms with E-state index in [0.717, 1.165) is 0 Å².